The molecule has 1 aromatic carbocycles. The van der Waals surface area contributed by atoms with Crippen LogP contribution in [0.4, 0.5) is 0 Å². The third-order valence-corrected chi connectivity index (χ3v) is 3.31. The summed E-state index contributed by atoms with van der Waals surface area (Å²) < 4.78 is 25.2. The Morgan fingerprint density at radius 2 is 1.87 bits per heavy atom. The predicted octanol–water partition coefficient (Wildman–Crippen LogP) is 0.438. The maximum absolute atomic E-state index is 11.6. The molecule has 82 valence electrons. The van der Waals surface area contributed by atoms with Gasteiger partial charge >= 0.3 is 5.97 Å². The summed E-state index contributed by atoms with van der Waals surface area (Å²) in [6.07, 6.45) is 0. The second-order valence-corrected chi connectivity index (χ2v) is 4.71. The number of carboxylic acid groups (broad SMARTS) is 1. The van der Waals surface area contributed by atoms with Crippen LogP contribution in [-0.2, 0) is 14.8 Å². The summed E-state index contributed by atoms with van der Waals surface area (Å²) in [4.78, 5) is 10.5. The first-order valence-electron chi connectivity index (χ1n) is 4.23. The third kappa shape index (κ3) is 3.03. The van der Waals surface area contributed by atoms with E-state index in [1.54, 1.807) is 18.2 Å². The highest BCUT2D eigenvalue weighted by atomic mass is 32.2. The van der Waals surface area contributed by atoms with Crippen molar-refractivity contribution in [2.24, 2.45) is 0 Å². The van der Waals surface area contributed by atoms with Crippen LogP contribution in [0.1, 0.15) is 6.92 Å². The number of sulfonamides is 1. The van der Waals surface area contributed by atoms with Crippen LogP contribution in [0.2, 0.25) is 0 Å². The van der Waals surface area contributed by atoms with Crippen LogP contribution in [0, 0.1) is 0 Å². The summed E-state index contributed by atoms with van der Waals surface area (Å²) in [5.74, 6) is -1.21. The molecule has 0 spiro atoms. The first-order valence-corrected chi connectivity index (χ1v) is 5.72. The topological polar surface area (TPSA) is 83.5 Å². The minimum atomic E-state index is -3.74. The Bertz CT molecular complexity index is 440. The Morgan fingerprint density at radius 3 is 2.33 bits per heavy atom. The van der Waals surface area contributed by atoms with E-state index < -0.39 is 22.0 Å². The van der Waals surface area contributed by atoms with Gasteiger partial charge in [-0.2, -0.15) is 4.72 Å². The summed E-state index contributed by atoms with van der Waals surface area (Å²) in [7, 11) is -3.74. The fraction of sp³-hybridized carbons (Fsp3) is 0.222. The maximum atomic E-state index is 11.6. The van der Waals surface area contributed by atoms with Crippen LogP contribution in [0.3, 0.4) is 0 Å². The van der Waals surface area contributed by atoms with E-state index in [0.717, 1.165) is 0 Å². The Balaban J connectivity index is 2.91. The van der Waals surface area contributed by atoms with E-state index >= 15 is 0 Å². The first-order chi connectivity index (χ1) is 6.93. The number of hydrogen-bond donors (Lipinski definition) is 2. The molecule has 0 saturated carbocycles. The van der Waals surface area contributed by atoms with Crippen LogP contribution in [0.15, 0.2) is 35.2 Å². The zero-order chi connectivity index (χ0) is 11.5. The van der Waals surface area contributed by atoms with E-state index in [1.165, 1.54) is 19.1 Å². The first kappa shape index (κ1) is 11.7. The van der Waals surface area contributed by atoms with Gasteiger partial charge in [0.15, 0.2) is 0 Å². The van der Waals surface area contributed by atoms with Gasteiger partial charge in [0, 0.05) is 0 Å². The molecular formula is C9H11NO4S. The van der Waals surface area contributed by atoms with E-state index in [1.807, 2.05) is 4.72 Å². The molecule has 0 aliphatic carbocycles. The average Bonchev–Trinajstić information content (AvgIpc) is 2.18. The monoisotopic (exact) mass is 229 g/mol. The van der Waals surface area contributed by atoms with Crippen LogP contribution in [0.5, 0.6) is 0 Å². The molecule has 1 rings (SSSR count). The van der Waals surface area contributed by atoms with Crippen molar-refractivity contribution < 1.29 is 18.3 Å². The van der Waals surface area contributed by atoms with E-state index in [0.29, 0.717) is 0 Å². The largest absolute Gasteiger partial charge is 0.480 e. The number of carboxylic acids is 1. The van der Waals surface area contributed by atoms with Crippen molar-refractivity contribution in [2.75, 3.05) is 0 Å². The normalized spacial score (nSPS) is 13.4. The van der Waals surface area contributed by atoms with Crippen molar-refractivity contribution in [1.82, 2.24) is 4.72 Å². The van der Waals surface area contributed by atoms with E-state index in [4.69, 9.17) is 5.11 Å². The smallest absolute Gasteiger partial charge is 0.321 e. The molecule has 1 unspecified atom stereocenters. The van der Waals surface area contributed by atoms with Crippen LogP contribution >= 0.6 is 0 Å². The fourth-order valence-electron chi connectivity index (χ4n) is 0.951. The van der Waals surface area contributed by atoms with Crippen LogP contribution in [0.25, 0.3) is 0 Å². The van der Waals surface area contributed by atoms with Gasteiger partial charge in [-0.25, -0.2) is 8.42 Å². The van der Waals surface area contributed by atoms with E-state index in [-0.39, 0.29) is 4.90 Å². The van der Waals surface area contributed by atoms with Crippen molar-refractivity contribution in [3.05, 3.63) is 30.3 Å². The molecule has 6 heteroatoms. The Morgan fingerprint density at radius 1 is 1.33 bits per heavy atom. The van der Waals surface area contributed by atoms with Gasteiger partial charge in [-0.3, -0.25) is 4.79 Å². The number of benzene rings is 1. The molecule has 2 N–H and O–H groups in total. The highest BCUT2D eigenvalue weighted by molar-refractivity contribution is 7.89. The van der Waals surface area contributed by atoms with E-state index in [9.17, 15) is 13.2 Å². The minimum absolute atomic E-state index is 0.0538. The lowest BCUT2D eigenvalue weighted by atomic mass is 10.4. The van der Waals surface area contributed by atoms with Gasteiger partial charge in [0.05, 0.1) is 4.90 Å². The molecule has 0 heterocycles. The molecule has 0 saturated heterocycles. The lowest BCUT2D eigenvalue weighted by Gasteiger charge is -2.09. The maximum Gasteiger partial charge on any atom is 0.321 e. The second kappa shape index (κ2) is 4.41. The van der Waals surface area contributed by atoms with E-state index in [2.05, 4.69) is 0 Å². The number of nitrogens with one attached hydrogen (secondary N) is 1. The van der Waals surface area contributed by atoms with Crippen molar-refractivity contribution in [3.63, 3.8) is 0 Å². The Kier molecular flexibility index (Phi) is 3.43. The lowest BCUT2D eigenvalue weighted by Crippen LogP contribution is -2.38. The van der Waals surface area contributed by atoms with Gasteiger partial charge in [-0.1, -0.05) is 18.2 Å². The molecule has 0 aliphatic rings. The molecule has 0 aromatic heterocycles. The van der Waals surface area contributed by atoms with Gasteiger partial charge < -0.3 is 5.11 Å². The SMILES string of the molecule is CC(NS(=O)(=O)c1ccccc1)C(=O)O. The molecule has 1 atom stereocenters. The minimum Gasteiger partial charge on any atom is -0.480 e. The Hall–Kier alpha value is -1.40. The predicted molar refractivity (Wildman–Crippen MR) is 53.9 cm³/mol. The molecule has 5 nitrogen and oxygen atoms in total. The third-order valence-electron chi connectivity index (χ3n) is 1.76. The summed E-state index contributed by atoms with van der Waals surface area (Å²) in [5.41, 5.74) is 0. The lowest BCUT2D eigenvalue weighted by molar-refractivity contribution is -0.138. The highest BCUT2D eigenvalue weighted by Crippen LogP contribution is 2.07. The van der Waals surface area contributed by atoms with Crippen LogP contribution < -0.4 is 4.72 Å². The van der Waals surface area contributed by atoms with Crippen molar-refractivity contribution >= 4 is 16.0 Å². The second-order valence-electron chi connectivity index (χ2n) is 2.99. The summed E-state index contributed by atoms with van der Waals surface area (Å²) in [6.45, 7) is 1.27. The standard InChI is InChI=1S/C9H11NO4S/c1-7(9(11)12)10-15(13,14)8-5-3-2-4-6-8/h2-7,10H,1H3,(H,11,12). The summed E-state index contributed by atoms with van der Waals surface area (Å²) in [5, 5.41) is 8.57. The molecule has 15 heavy (non-hydrogen) atoms. The van der Waals surface area contributed by atoms with Gasteiger partial charge in [0.25, 0.3) is 0 Å². The summed E-state index contributed by atoms with van der Waals surface area (Å²) >= 11 is 0. The molecule has 0 fully saturated rings. The quantitative estimate of drug-likeness (QED) is 0.784. The molecular weight excluding hydrogens is 218 g/mol. The Labute approximate surface area is 87.8 Å². The molecule has 1 aromatic rings. The number of aliphatic carboxylic acids is 1. The number of rotatable bonds is 4. The van der Waals surface area contributed by atoms with Gasteiger partial charge in [-0.15, -0.1) is 0 Å². The zero-order valence-corrected chi connectivity index (χ0v) is 8.86. The summed E-state index contributed by atoms with van der Waals surface area (Å²) in [6, 6.07) is 6.48. The van der Waals surface area contributed by atoms with Gasteiger partial charge in [0.2, 0.25) is 10.0 Å². The molecule has 0 bridgehead atoms. The molecule has 0 aliphatic heterocycles. The van der Waals surface area contributed by atoms with Gasteiger partial charge in [-0.05, 0) is 19.1 Å². The molecule has 0 amide bonds. The van der Waals surface area contributed by atoms with Crippen molar-refractivity contribution in [3.8, 4) is 0 Å². The van der Waals surface area contributed by atoms with Crippen molar-refractivity contribution in [1.29, 1.82) is 0 Å². The fourth-order valence-corrected chi connectivity index (χ4v) is 2.17. The van der Waals surface area contributed by atoms with Gasteiger partial charge in [0.1, 0.15) is 6.04 Å². The molecule has 0 radical (unpaired) electrons. The van der Waals surface area contributed by atoms with Crippen molar-refractivity contribution in [2.45, 2.75) is 17.9 Å². The number of carbonyl (C=O) groups is 1. The average molecular weight is 229 g/mol. The zero-order valence-electron chi connectivity index (χ0n) is 8.04. The highest BCUT2D eigenvalue weighted by Gasteiger charge is 2.20. The number of hydrogen-bond acceptors (Lipinski definition) is 3. The van der Waals surface area contributed by atoms with Crippen LogP contribution in [-0.4, -0.2) is 25.5 Å².